The van der Waals surface area contributed by atoms with Crippen LogP contribution < -0.4 is 5.32 Å². The van der Waals surface area contributed by atoms with Crippen LogP contribution in [0.3, 0.4) is 0 Å². The van der Waals surface area contributed by atoms with Crippen molar-refractivity contribution in [1.82, 2.24) is 15.5 Å². The molecule has 0 spiro atoms. The molecule has 10 heteroatoms. The fraction of sp³-hybridized carbons (Fsp3) is 0.818. The van der Waals surface area contributed by atoms with Gasteiger partial charge < -0.3 is 9.84 Å². The Labute approximate surface area is 119 Å². The maximum absolute atomic E-state index is 13.3. The Morgan fingerprint density at radius 1 is 1.38 bits per heavy atom. The van der Waals surface area contributed by atoms with Crippen LogP contribution in [0.25, 0.3) is 0 Å². The third-order valence-electron chi connectivity index (χ3n) is 4.15. The van der Waals surface area contributed by atoms with Crippen LogP contribution in [0.2, 0.25) is 0 Å². The molecular weight excluding hydrogens is 311 g/mol. The van der Waals surface area contributed by atoms with E-state index in [9.17, 15) is 21.6 Å². The van der Waals surface area contributed by atoms with Gasteiger partial charge in [0, 0.05) is 12.5 Å². The largest absolute Gasteiger partial charge is 0.404 e. The minimum absolute atomic E-state index is 0.00745. The Morgan fingerprint density at radius 3 is 2.67 bits per heavy atom. The molecule has 2 fully saturated rings. The van der Waals surface area contributed by atoms with E-state index in [0.29, 0.717) is 6.42 Å². The fourth-order valence-electron chi connectivity index (χ4n) is 2.83. The van der Waals surface area contributed by atoms with Crippen molar-refractivity contribution in [3.63, 3.8) is 0 Å². The molecule has 3 rings (SSSR count). The molecule has 118 valence electrons. The molecule has 2 unspecified atom stereocenters. The van der Waals surface area contributed by atoms with E-state index in [1.165, 1.54) is 0 Å². The predicted molar refractivity (Wildman–Crippen MR) is 65.5 cm³/mol. The average Bonchev–Trinajstić information content (AvgIpc) is 3.04. The van der Waals surface area contributed by atoms with E-state index < -0.39 is 33.2 Å². The summed E-state index contributed by atoms with van der Waals surface area (Å²) in [5, 5.41) is 6.25. The highest BCUT2D eigenvalue weighted by Gasteiger charge is 2.61. The zero-order chi connectivity index (χ0) is 15.3. The number of alkyl halides is 3. The molecule has 2 aliphatic heterocycles. The van der Waals surface area contributed by atoms with Crippen molar-refractivity contribution in [3.8, 4) is 0 Å². The van der Waals surface area contributed by atoms with Crippen LogP contribution in [0.4, 0.5) is 13.2 Å². The van der Waals surface area contributed by atoms with Crippen molar-refractivity contribution in [2.75, 3.05) is 24.6 Å². The minimum atomic E-state index is -4.50. The molecule has 1 aromatic rings. The molecular formula is C11H14F3N3O3S. The Balaban J connectivity index is 1.91. The van der Waals surface area contributed by atoms with Gasteiger partial charge in [-0.1, -0.05) is 5.16 Å². The SMILES string of the molecule is O=S1(=O)CCC(c2noc(C3(C(F)(F)F)CCNC3)n2)C1. The van der Waals surface area contributed by atoms with E-state index >= 15 is 0 Å². The second-order valence-corrected chi connectivity index (χ2v) is 7.79. The summed E-state index contributed by atoms with van der Waals surface area (Å²) in [5.41, 5.74) is -2.17. The second-order valence-electron chi connectivity index (χ2n) is 5.56. The summed E-state index contributed by atoms with van der Waals surface area (Å²) in [6.07, 6.45) is -4.35. The molecule has 0 amide bonds. The molecule has 0 aliphatic carbocycles. The van der Waals surface area contributed by atoms with E-state index in [1.807, 2.05) is 0 Å². The first-order chi connectivity index (χ1) is 9.74. The molecule has 21 heavy (non-hydrogen) atoms. The Bertz CT molecular complexity index is 635. The lowest BCUT2D eigenvalue weighted by Gasteiger charge is -2.26. The van der Waals surface area contributed by atoms with Crippen molar-refractivity contribution in [1.29, 1.82) is 0 Å². The van der Waals surface area contributed by atoms with Gasteiger partial charge >= 0.3 is 6.18 Å². The first-order valence-corrected chi connectivity index (χ1v) is 8.38. The minimum Gasteiger partial charge on any atom is -0.338 e. The van der Waals surface area contributed by atoms with Gasteiger partial charge in [-0.3, -0.25) is 0 Å². The van der Waals surface area contributed by atoms with Gasteiger partial charge in [0.2, 0.25) is 5.89 Å². The number of aromatic nitrogens is 2. The quantitative estimate of drug-likeness (QED) is 0.864. The van der Waals surface area contributed by atoms with Crippen molar-refractivity contribution in [3.05, 3.63) is 11.7 Å². The van der Waals surface area contributed by atoms with Crippen molar-refractivity contribution >= 4 is 9.84 Å². The summed E-state index contributed by atoms with van der Waals surface area (Å²) in [5.74, 6) is -1.02. The normalized spacial score (nSPS) is 32.6. The van der Waals surface area contributed by atoms with E-state index in [1.54, 1.807) is 0 Å². The van der Waals surface area contributed by atoms with E-state index in [-0.39, 0.29) is 36.8 Å². The number of nitrogens with one attached hydrogen (secondary N) is 1. The number of sulfone groups is 1. The summed E-state index contributed by atoms with van der Waals surface area (Å²) in [6.45, 7) is -0.0872. The summed E-state index contributed by atoms with van der Waals surface area (Å²) < 4.78 is 67.7. The van der Waals surface area contributed by atoms with Crippen LogP contribution in [0.15, 0.2) is 4.52 Å². The van der Waals surface area contributed by atoms with E-state index in [2.05, 4.69) is 15.5 Å². The third-order valence-corrected chi connectivity index (χ3v) is 5.91. The van der Waals surface area contributed by atoms with Crippen molar-refractivity contribution in [2.45, 2.75) is 30.4 Å². The van der Waals surface area contributed by atoms with Crippen LogP contribution in [-0.4, -0.2) is 49.3 Å². The summed E-state index contributed by atoms with van der Waals surface area (Å²) >= 11 is 0. The Hall–Kier alpha value is -1.16. The lowest BCUT2D eigenvalue weighted by atomic mass is 9.86. The predicted octanol–water partition coefficient (Wildman–Crippen LogP) is 0.765. The lowest BCUT2D eigenvalue weighted by Crippen LogP contribution is -2.44. The summed E-state index contributed by atoms with van der Waals surface area (Å²) in [4.78, 5) is 3.88. The molecule has 0 radical (unpaired) electrons. The van der Waals surface area contributed by atoms with Crippen LogP contribution in [0.5, 0.6) is 0 Å². The zero-order valence-electron chi connectivity index (χ0n) is 11.0. The molecule has 0 bridgehead atoms. The van der Waals surface area contributed by atoms with Gasteiger partial charge in [0.25, 0.3) is 0 Å². The topological polar surface area (TPSA) is 85.1 Å². The van der Waals surface area contributed by atoms with Crippen LogP contribution in [0, 0.1) is 0 Å². The van der Waals surface area contributed by atoms with Crippen LogP contribution in [-0.2, 0) is 15.3 Å². The molecule has 2 saturated heterocycles. The van der Waals surface area contributed by atoms with Gasteiger partial charge in [-0.25, -0.2) is 8.42 Å². The van der Waals surface area contributed by atoms with Crippen molar-refractivity contribution < 1.29 is 26.1 Å². The average molecular weight is 325 g/mol. The lowest BCUT2D eigenvalue weighted by molar-refractivity contribution is -0.191. The molecule has 6 nitrogen and oxygen atoms in total. The fourth-order valence-corrected chi connectivity index (χ4v) is 4.57. The number of rotatable bonds is 2. The molecule has 3 heterocycles. The molecule has 0 saturated carbocycles. The highest BCUT2D eigenvalue weighted by Crippen LogP contribution is 2.45. The molecule has 1 N–H and O–H groups in total. The summed E-state index contributed by atoms with van der Waals surface area (Å²) in [7, 11) is -3.15. The van der Waals surface area contributed by atoms with Crippen molar-refractivity contribution in [2.24, 2.45) is 0 Å². The molecule has 2 atom stereocenters. The van der Waals surface area contributed by atoms with Gasteiger partial charge in [0.15, 0.2) is 21.1 Å². The van der Waals surface area contributed by atoms with Crippen LogP contribution in [0.1, 0.15) is 30.5 Å². The Morgan fingerprint density at radius 2 is 2.14 bits per heavy atom. The van der Waals surface area contributed by atoms with Gasteiger partial charge in [-0.2, -0.15) is 18.2 Å². The molecule has 2 aliphatic rings. The smallest absolute Gasteiger partial charge is 0.338 e. The second kappa shape index (κ2) is 4.67. The number of nitrogens with zero attached hydrogens (tertiary/aromatic N) is 2. The number of hydrogen-bond acceptors (Lipinski definition) is 6. The number of halogens is 3. The first-order valence-electron chi connectivity index (χ1n) is 6.55. The first kappa shape index (κ1) is 14.8. The standard InChI is InChI=1S/C11H14F3N3O3S/c12-11(13,14)10(2-3-15-6-10)9-16-8(17-20-9)7-1-4-21(18,19)5-7/h7,15H,1-6H2. The maximum Gasteiger partial charge on any atom is 0.404 e. The molecule has 0 aromatic carbocycles. The summed E-state index contributed by atoms with van der Waals surface area (Å²) in [6, 6.07) is 0. The van der Waals surface area contributed by atoms with Gasteiger partial charge in [0.05, 0.1) is 11.5 Å². The zero-order valence-corrected chi connectivity index (χ0v) is 11.8. The van der Waals surface area contributed by atoms with E-state index in [4.69, 9.17) is 4.52 Å². The maximum atomic E-state index is 13.3. The highest BCUT2D eigenvalue weighted by atomic mass is 32.2. The molecule has 1 aromatic heterocycles. The van der Waals surface area contributed by atoms with Gasteiger partial charge in [-0.15, -0.1) is 0 Å². The van der Waals surface area contributed by atoms with E-state index in [0.717, 1.165) is 0 Å². The monoisotopic (exact) mass is 325 g/mol. The van der Waals surface area contributed by atoms with Crippen LogP contribution >= 0.6 is 0 Å². The highest BCUT2D eigenvalue weighted by molar-refractivity contribution is 7.91. The van der Waals surface area contributed by atoms with Gasteiger partial charge in [0.1, 0.15) is 0 Å². The number of hydrogen-bond donors (Lipinski definition) is 1. The third kappa shape index (κ3) is 2.44. The Kier molecular flexibility index (Phi) is 3.28. The van der Waals surface area contributed by atoms with Gasteiger partial charge in [-0.05, 0) is 19.4 Å².